The molecular formula is C4H18N2O4Ti. The van der Waals surface area contributed by atoms with Gasteiger partial charge in [-0.3, -0.25) is 0 Å². The van der Waals surface area contributed by atoms with Crippen molar-refractivity contribution in [2.75, 3.05) is 13.1 Å². The van der Waals surface area contributed by atoms with Crippen molar-refractivity contribution in [3.63, 3.8) is 0 Å². The van der Waals surface area contributed by atoms with Gasteiger partial charge in [-0.05, 0) is 0 Å². The summed E-state index contributed by atoms with van der Waals surface area (Å²) in [6, 6.07) is 0. The quantitative estimate of drug-likeness (QED) is 0.317. The van der Waals surface area contributed by atoms with E-state index in [9.17, 15) is 0 Å². The van der Waals surface area contributed by atoms with E-state index in [1.54, 1.807) is 0 Å². The van der Waals surface area contributed by atoms with Crippen molar-refractivity contribution in [2.45, 2.75) is 13.8 Å². The van der Waals surface area contributed by atoms with E-state index < -0.39 is 0 Å². The molecule has 0 aromatic carbocycles. The molecule has 0 atom stereocenters. The summed E-state index contributed by atoms with van der Waals surface area (Å²) in [5.74, 6) is 0. The van der Waals surface area contributed by atoms with Crippen LogP contribution in [0, 0.1) is 0 Å². The minimum absolute atomic E-state index is 0. The van der Waals surface area contributed by atoms with Gasteiger partial charge in [0.15, 0.2) is 0 Å². The molecule has 6 nitrogen and oxygen atoms in total. The average Bonchev–Trinajstić information content (AvgIpc) is 1.88. The van der Waals surface area contributed by atoms with Crippen molar-refractivity contribution in [1.29, 1.82) is 0 Å². The van der Waals surface area contributed by atoms with Crippen molar-refractivity contribution < 1.29 is 43.1 Å². The molecule has 0 heterocycles. The molecule has 0 unspecified atom stereocenters. The summed E-state index contributed by atoms with van der Waals surface area (Å²) in [5.41, 5.74) is 3.86. The van der Waals surface area contributed by atoms with Gasteiger partial charge >= 0.3 is 0 Å². The van der Waals surface area contributed by atoms with E-state index in [1.165, 1.54) is 0 Å². The standard InChI is InChI=1S/2C2H7NO.2H2O.Ti/c2*1-2-3-4;;;/h2*3-4H,2H2,1H3;2*1H2;. The van der Waals surface area contributed by atoms with Crippen LogP contribution < -0.4 is 11.0 Å². The Labute approximate surface area is 81.4 Å². The zero-order valence-electron chi connectivity index (χ0n) is 6.81. The molecule has 0 aliphatic rings. The Balaban J connectivity index is -0.0000000171. The fourth-order valence-electron chi connectivity index (χ4n) is 0. The van der Waals surface area contributed by atoms with Crippen molar-refractivity contribution >= 4 is 0 Å². The third-order valence-electron chi connectivity index (χ3n) is 0.316. The molecule has 0 bridgehead atoms. The predicted molar refractivity (Wildman–Crippen MR) is 38.2 cm³/mol. The Bertz CT molecular complexity index is 28.1. The molecule has 0 aromatic heterocycles. The van der Waals surface area contributed by atoms with Crippen LogP contribution in [-0.4, -0.2) is 34.5 Å². The Hall–Kier alpha value is 0.474. The van der Waals surface area contributed by atoms with E-state index in [1.807, 2.05) is 24.8 Å². The zero-order chi connectivity index (χ0) is 6.83. The van der Waals surface area contributed by atoms with Gasteiger partial charge in [0, 0.05) is 34.8 Å². The maximum atomic E-state index is 7.62. The van der Waals surface area contributed by atoms with E-state index in [-0.39, 0.29) is 32.7 Å². The molecule has 0 spiro atoms. The summed E-state index contributed by atoms with van der Waals surface area (Å²) in [6.07, 6.45) is 0. The van der Waals surface area contributed by atoms with Gasteiger partial charge in [0.2, 0.25) is 0 Å². The SMILES string of the molecule is CCNO.CCNO.O.O.[Ti]. The molecule has 0 aromatic rings. The predicted octanol–water partition coefficient (Wildman–Crippen LogP) is -1.68. The molecule has 0 aliphatic carbocycles. The van der Waals surface area contributed by atoms with Crippen LogP contribution in [0.25, 0.3) is 0 Å². The van der Waals surface area contributed by atoms with E-state index in [0.29, 0.717) is 13.1 Å². The van der Waals surface area contributed by atoms with Gasteiger partial charge in [-0.1, -0.05) is 13.8 Å². The Kier molecular flexibility index (Phi) is 128. The third kappa shape index (κ3) is 123. The largest absolute Gasteiger partial charge is 0.412 e. The van der Waals surface area contributed by atoms with Crippen LogP contribution in [0.2, 0.25) is 0 Å². The fourth-order valence-corrected chi connectivity index (χ4v) is 0. The molecule has 0 saturated carbocycles. The van der Waals surface area contributed by atoms with Crippen LogP contribution in [0.4, 0.5) is 0 Å². The monoisotopic (exact) mass is 206 g/mol. The Morgan fingerprint density at radius 1 is 0.909 bits per heavy atom. The first-order valence-electron chi connectivity index (χ1n) is 2.57. The minimum Gasteiger partial charge on any atom is -0.412 e. The van der Waals surface area contributed by atoms with Crippen LogP contribution in [-0.2, 0) is 21.7 Å². The summed E-state index contributed by atoms with van der Waals surface area (Å²) >= 11 is 0. The number of nitrogens with one attached hydrogen (secondary N) is 2. The molecule has 0 saturated heterocycles. The number of hydroxylamine groups is 2. The van der Waals surface area contributed by atoms with Crippen LogP contribution >= 0.6 is 0 Å². The molecule has 72 valence electrons. The molecule has 11 heavy (non-hydrogen) atoms. The number of hydrogen-bond acceptors (Lipinski definition) is 4. The molecule has 0 fully saturated rings. The summed E-state index contributed by atoms with van der Waals surface area (Å²) in [6.45, 7) is 4.89. The van der Waals surface area contributed by atoms with Gasteiger partial charge in [-0.15, -0.1) is 0 Å². The molecule has 7 heteroatoms. The molecule has 0 amide bonds. The Morgan fingerprint density at radius 2 is 1.00 bits per heavy atom. The van der Waals surface area contributed by atoms with Crippen LogP contribution in [0.5, 0.6) is 0 Å². The molecule has 0 radical (unpaired) electrons. The second-order valence-electron chi connectivity index (χ2n) is 1.02. The second-order valence-corrected chi connectivity index (χ2v) is 1.02. The van der Waals surface area contributed by atoms with Gasteiger partial charge < -0.3 is 21.4 Å². The first-order valence-corrected chi connectivity index (χ1v) is 2.57. The van der Waals surface area contributed by atoms with Gasteiger partial charge in [-0.25, -0.2) is 11.0 Å². The molecule has 0 rings (SSSR count). The first-order chi connectivity index (χ1) is 3.83. The third-order valence-corrected chi connectivity index (χ3v) is 0.316. The van der Waals surface area contributed by atoms with Gasteiger partial charge in [-0.2, -0.15) is 0 Å². The zero-order valence-corrected chi connectivity index (χ0v) is 8.37. The van der Waals surface area contributed by atoms with Crippen molar-refractivity contribution in [2.24, 2.45) is 0 Å². The van der Waals surface area contributed by atoms with Gasteiger partial charge in [0.1, 0.15) is 0 Å². The fraction of sp³-hybridized carbons (Fsp3) is 1.00. The first kappa shape index (κ1) is 30.0. The maximum absolute atomic E-state index is 7.62. The minimum atomic E-state index is 0. The van der Waals surface area contributed by atoms with E-state index >= 15 is 0 Å². The summed E-state index contributed by atoms with van der Waals surface area (Å²) in [4.78, 5) is 0. The number of hydrogen-bond donors (Lipinski definition) is 4. The van der Waals surface area contributed by atoms with Gasteiger partial charge in [0.25, 0.3) is 0 Å². The van der Waals surface area contributed by atoms with Gasteiger partial charge in [0.05, 0.1) is 0 Å². The van der Waals surface area contributed by atoms with Crippen LogP contribution in [0.3, 0.4) is 0 Å². The smallest absolute Gasteiger partial charge is 0.0179 e. The maximum Gasteiger partial charge on any atom is 0.0179 e. The molecule has 0 aliphatic heterocycles. The van der Waals surface area contributed by atoms with Crippen LogP contribution in [0.1, 0.15) is 13.8 Å². The topological polar surface area (TPSA) is 128 Å². The van der Waals surface area contributed by atoms with E-state index in [4.69, 9.17) is 10.4 Å². The van der Waals surface area contributed by atoms with E-state index in [2.05, 4.69) is 0 Å². The normalized spacial score (nSPS) is 5.45. The molecular weight excluding hydrogens is 188 g/mol. The number of rotatable bonds is 2. The van der Waals surface area contributed by atoms with Crippen molar-refractivity contribution in [1.82, 2.24) is 11.0 Å². The van der Waals surface area contributed by atoms with Crippen molar-refractivity contribution in [3.8, 4) is 0 Å². The average molecular weight is 206 g/mol. The Morgan fingerprint density at radius 3 is 1.00 bits per heavy atom. The summed E-state index contributed by atoms with van der Waals surface area (Å²) in [5, 5.41) is 15.2. The van der Waals surface area contributed by atoms with Crippen LogP contribution in [0.15, 0.2) is 0 Å². The van der Waals surface area contributed by atoms with Crippen molar-refractivity contribution in [3.05, 3.63) is 0 Å². The summed E-state index contributed by atoms with van der Waals surface area (Å²) in [7, 11) is 0. The second kappa shape index (κ2) is 47.0. The summed E-state index contributed by atoms with van der Waals surface area (Å²) < 4.78 is 0. The molecule has 8 N–H and O–H groups in total. The van der Waals surface area contributed by atoms with E-state index in [0.717, 1.165) is 0 Å².